The van der Waals surface area contributed by atoms with Gasteiger partial charge in [0.15, 0.2) is 11.6 Å². The standard InChI is InChI=1S/C32H13F7N4O.C30H19F3N10.C28H13F3N8/c1-14-22(31(42-2)43-3)10-24-26(14)27(15-4-18(33)8-19(34)5-15)25-11-23(17(12-40)13-41)30(44-32(37,38)39)29(25)28(24)16-6-20(35)9-21(36)7-16;1-12-18(27(36-6)37-7)8-20-22(12)24(28-40-13(2)38-14(3)41-28)21-9-19(17(10-34)11-35)26(30(31,32)33)23(21)25(20)29-42-15(4)39-16(5)43-29;1-14-18(27(34-2)35-3)4-20-22(14)23(16-8-36-12-37-9-16)21-5-19(15(6-32)7-33)26(28(29,30)31)25(21)24(20)17-10-38-13-39-11-17/h4-9H,10-11H2,1H3;8-9H2,1-5H3;8-13H,4-5H2,1H3. The minimum Gasteiger partial charge on any atom is -0.405 e. The summed E-state index contributed by atoms with van der Waals surface area (Å²) in [5.41, 5.74) is -1.29. The number of benzene rings is 5. The van der Waals surface area contributed by atoms with Crippen LogP contribution in [0.3, 0.4) is 0 Å². The van der Waals surface area contributed by atoms with Crippen molar-refractivity contribution in [1.82, 2.24) is 49.8 Å². The van der Waals surface area contributed by atoms with E-state index in [0.29, 0.717) is 84.3 Å². The van der Waals surface area contributed by atoms with Gasteiger partial charge in [0.2, 0.25) is 0 Å². The van der Waals surface area contributed by atoms with Crippen LogP contribution >= 0.6 is 0 Å². The summed E-state index contributed by atoms with van der Waals surface area (Å²) in [5.74, 6) is -4.76. The van der Waals surface area contributed by atoms with Crippen LogP contribution < -0.4 is 31.3 Å². The first-order valence-electron chi connectivity index (χ1n) is 36.5. The summed E-state index contributed by atoms with van der Waals surface area (Å²) in [6, 6.07) is 14.2. The largest absolute Gasteiger partial charge is 0.573 e. The fourth-order valence-corrected chi connectivity index (χ4v) is 16.9. The van der Waals surface area contributed by atoms with Crippen LogP contribution in [0.1, 0.15) is 77.4 Å². The number of rotatable bonds is 7. The van der Waals surface area contributed by atoms with Crippen molar-refractivity contribution in [1.29, 1.82) is 31.6 Å². The highest BCUT2D eigenvalue weighted by Crippen LogP contribution is 2.48. The number of nitrogens with zero attached hydrogens (tertiary/aromatic N) is 22. The number of aromatic nitrogens is 10. The molecule has 5 aromatic carbocycles. The highest BCUT2D eigenvalue weighted by molar-refractivity contribution is 5.96. The van der Waals surface area contributed by atoms with Crippen molar-refractivity contribution >= 4 is 33.6 Å². The molecule has 0 N–H and O–H groups in total. The molecule has 23 nitrogen and oxygen atoms in total. The number of alkyl halides is 9. The van der Waals surface area contributed by atoms with Crippen molar-refractivity contribution in [3.05, 3.63) is 321 Å². The van der Waals surface area contributed by atoms with Crippen molar-refractivity contribution in [3.8, 4) is 104 Å². The molecular weight excluding hydrogens is 1650 g/mol. The molecule has 0 atom stereocenters. The maximum atomic E-state index is 15.1. The van der Waals surface area contributed by atoms with Crippen LogP contribution in [0.15, 0.2) is 141 Å². The van der Waals surface area contributed by atoms with Crippen molar-refractivity contribution < 1.29 is 61.8 Å². The monoisotopic (exact) mass is 1700 g/mol. The summed E-state index contributed by atoms with van der Waals surface area (Å²) in [7, 11) is 0. The summed E-state index contributed by atoms with van der Waals surface area (Å²) >= 11 is 0. The summed E-state index contributed by atoms with van der Waals surface area (Å²) in [5, 5.41) is 58.0. The van der Waals surface area contributed by atoms with Gasteiger partial charge in [-0.25, -0.2) is 67.4 Å². The van der Waals surface area contributed by atoms with Crippen molar-refractivity contribution in [2.24, 2.45) is 0 Å². The number of fused-ring (bicyclic) bond motifs is 6. The number of allylic oxidation sites excluding steroid dienone is 8. The number of hydrogen-bond acceptors (Lipinski definition) is 17. The summed E-state index contributed by atoms with van der Waals surface area (Å²) in [6.07, 6.45) is -8.68. The topological polar surface area (TPSA) is 307 Å². The maximum Gasteiger partial charge on any atom is 0.573 e. The molecule has 0 saturated carbocycles. The molecule has 9 aromatic rings. The van der Waals surface area contributed by atoms with E-state index in [4.69, 9.17) is 39.4 Å². The Kier molecular flexibility index (Phi) is 22.9. The van der Waals surface area contributed by atoms with Gasteiger partial charge in [0.05, 0.1) is 27.9 Å². The van der Waals surface area contributed by atoms with Gasteiger partial charge in [-0.1, -0.05) is 0 Å². The first-order chi connectivity index (χ1) is 59.9. The summed E-state index contributed by atoms with van der Waals surface area (Å²) in [4.78, 5) is 62.3. The Morgan fingerprint density at radius 2 is 0.587 bits per heavy atom. The number of halogens is 13. The Morgan fingerprint density at radius 1 is 0.333 bits per heavy atom. The van der Waals surface area contributed by atoms with Crippen LogP contribution in [0, 0.1) is 158 Å². The molecule has 4 heterocycles. The molecule has 0 unspecified atom stereocenters. The quantitative estimate of drug-likeness (QED) is 0.0813. The lowest BCUT2D eigenvalue weighted by Gasteiger charge is -2.17. The number of aryl methyl sites for hydroxylation is 4. The third kappa shape index (κ3) is 15.2. The van der Waals surface area contributed by atoms with E-state index in [-0.39, 0.29) is 154 Å². The molecular formula is C90H45F13N22O. The minimum atomic E-state index is -5.37. The Hall–Kier alpha value is -17.3. The first kappa shape index (κ1) is 86.6. The van der Waals surface area contributed by atoms with E-state index < -0.39 is 110 Å². The minimum absolute atomic E-state index is 0.0208. The number of ether oxygens (including phenoxy) is 1. The van der Waals surface area contributed by atoms with Crippen LogP contribution in [0.25, 0.3) is 130 Å². The highest BCUT2D eigenvalue weighted by Gasteiger charge is 2.48. The Balaban J connectivity index is 0.000000162. The van der Waals surface area contributed by atoms with Gasteiger partial charge in [-0.05, 0) is 207 Å². The van der Waals surface area contributed by atoms with Gasteiger partial charge in [0, 0.05) is 94.4 Å². The third-order valence-corrected chi connectivity index (χ3v) is 21.3. The van der Waals surface area contributed by atoms with E-state index in [1.807, 2.05) is 0 Å². The van der Waals surface area contributed by atoms with Gasteiger partial charge in [-0.2, -0.15) is 87.0 Å². The third-order valence-electron chi connectivity index (χ3n) is 21.3. The van der Waals surface area contributed by atoms with E-state index in [2.05, 4.69) is 83.6 Å². The predicted octanol–water partition coefficient (Wildman–Crippen LogP) is 14.9. The molecule has 36 heteroatoms. The van der Waals surface area contributed by atoms with Crippen molar-refractivity contribution in [2.75, 3.05) is 0 Å². The normalized spacial score (nSPS) is 13.6. The molecule has 6 aliphatic rings. The molecule has 6 aliphatic carbocycles. The molecule has 0 radical (unpaired) electrons. The van der Waals surface area contributed by atoms with Gasteiger partial charge in [0.1, 0.15) is 158 Å². The van der Waals surface area contributed by atoms with Gasteiger partial charge in [-0.3, -0.25) is 0 Å². The van der Waals surface area contributed by atoms with Crippen molar-refractivity contribution in [3.63, 3.8) is 0 Å². The second kappa shape index (κ2) is 33.4. The van der Waals surface area contributed by atoms with Crippen LogP contribution in [0.4, 0.5) is 57.1 Å². The van der Waals surface area contributed by atoms with Gasteiger partial charge in [-0.15, -0.1) is 13.2 Å². The Morgan fingerprint density at radius 3 is 0.913 bits per heavy atom. The van der Waals surface area contributed by atoms with Crippen LogP contribution in [0.2, 0.25) is 0 Å². The second-order valence-electron chi connectivity index (χ2n) is 28.3. The Labute approximate surface area is 704 Å². The molecule has 0 fully saturated rings. The fraction of sp³-hybridized carbons (Fsp3) is 0.178. The molecule has 126 heavy (non-hydrogen) atoms. The van der Waals surface area contributed by atoms with Gasteiger partial charge < -0.3 is 4.74 Å². The second-order valence-corrected chi connectivity index (χ2v) is 28.3. The fourth-order valence-electron chi connectivity index (χ4n) is 16.9. The van der Waals surface area contributed by atoms with Gasteiger partial charge in [0.25, 0.3) is 0 Å². The smallest absolute Gasteiger partial charge is 0.405 e. The molecule has 0 aliphatic heterocycles. The average molecular weight is 1700 g/mol. The van der Waals surface area contributed by atoms with E-state index in [9.17, 15) is 75.5 Å². The predicted molar refractivity (Wildman–Crippen MR) is 421 cm³/mol. The zero-order chi connectivity index (χ0) is 91.4. The SMILES string of the molecule is [C-]#[N+]C([N+]#[C-])=C1Cc2c(-c3cc(F)cc(F)c3)c3c(c(-c4cc(F)cc(F)c4)c2=C1C)CC(=C(C#N)C#N)C=3OC(F)(F)F.[C-]#[N+]C([N+]#[C-])=C1Cc2c(-c3cncnc3)c3c(c(-c4cncnc4)c2=C1C)CC(=C(C#N)C#N)C=3C(F)(F)F.[C-]#[N+]C([N+]#[C-])=C1Cc2c(-c3nc(C)nc(C)n3)c3c(c(-c4nc(C)nc(C)n4)c2=C1C)CC(=C(C#N)C#N)C=3C(F)(F)F. The lowest BCUT2D eigenvalue weighted by Crippen LogP contribution is -2.28. The lowest BCUT2D eigenvalue weighted by molar-refractivity contribution is -0.290. The molecule has 15 rings (SSSR count). The van der Waals surface area contributed by atoms with Crippen LogP contribution in [-0.4, -0.2) is 68.6 Å². The van der Waals surface area contributed by atoms with E-state index in [1.165, 1.54) is 56.5 Å². The molecule has 0 saturated heterocycles. The molecule has 0 spiro atoms. The zero-order valence-corrected chi connectivity index (χ0v) is 65.8. The van der Waals surface area contributed by atoms with Crippen molar-refractivity contribution in [2.45, 2.75) is 106 Å². The maximum absolute atomic E-state index is 15.1. The first-order valence-corrected chi connectivity index (χ1v) is 36.5. The average Bonchev–Trinajstić information content (AvgIpc) is 1.55. The summed E-state index contributed by atoms with van der Waals surface area (Å²) in [6.45, 7) is 56.5. The lowest BCUT2D eigenvalue weighted by atomic mass is 9.86. The number of nitriles is 6. The molecule has 612 valence electrons. The Bertz CT molecular complexity index is 7540. The molecule has 0 bridgehead atoms. The van der Waals surface area contributed by atoms with Crippen LogP contribution in [-0.2, 0) is 43.3 Å². The molecule has 0 amide bonds. The number of hydrogen-bond donors (Lipinski definition) is 0. The molecule has 4 aromatic heterocycles. The van der Waals surface area contributed by atoms with E-state index in [0.717, 1.165) is 24.3 Å². The summed E-state index contributed by atoms with van der Waals surface area (Å²) < 4.78 is 194. The zero-order valence-electron chi connectivity index (χ0n) is 65.8. The van der Waals surface area contributed by atoms with Crippen LogP contribution in [0.5, 0.6) is 0 Å². The van der Waals surface area contributed by atoms with Gasteiger partial charge >= 0.3 is 36.2 Å². The van der Waals surface area contributed by atoms with E-state index >= 15 is 13.2 Å². The van der Waals surface area contributed by atoms with E-state index in [1.54, 1.807) is 65.8 Å². The highest BCUT2D eigenvalue weighted by atomic mass is 19.4.